The van der Waals surface area contributed by atoms with Crippen molar-refractivity contribution in [2.45, 2.75) is 32.9 Å². The lowest BCUT2D eigenvalue weighted by Crippen LogP contribution is -2.29. The van der Waals surface area contributed by atoms with Crippen LogP contribution in [-0.4, -0.2) is 25.0 Å². The Kier molecular flexibility index (Phi) is 5.66. The van der Waals surface area contributed by atoms with E-state index in [1.54, 1.807) is 24.3 Å². The fourth-order valence-electron chi connectivity index (χ4n) is 3.95. The fourth-order valence-corrected chi connectivity index (χ4v) is 3.95. The molecule has 0 saturated carbocycles. The highest BCUT2D eigenvalue weighted by Crippen LogP contribution is 2.34. The quantitative estimate of drug-likeness (QED) is 0.617. The summed E-state index contributed by atoms with van der Waals surface area (Å²) in [7, 11) is 1.51. The molecule has 1 aliphatic rings. The molecule has 2 heterocycles. The maximum atomic E-state index is 13.0. The first-order valence-corrected chi connectivity index (χ1v) is 10.1. The number of benzene rings is 2. The number of para-hydroxylation sites is 1. The number of anilines is 3. The van der Waals surface area contributed by atoms with Crippen LogP contribution in [0.4, 0.5) is 17.1 Å². The van der Waals surface area contributed by atoms with Gasteiger partial charge in [-0.05, 0) is 43.2 Å². The van der Waals surface area contributed by atoms with Gasteiger partial charge in [-0.3, -0.25) is 9.59 Å². The van der Waals surface area contributed by atoms with E-state index in [-0.39, 0.29) is 11.8 Å². The number of nitrogens with one attached hydrogen (secondary N) is 2. The van der Waals surface area contributed by atoms with Crippen LogP contribution in [-0.2, 0) is 17.8 Å². The molecule has 0 spiro atoms. The second kappa shape index (κ2) is 8.55. The van der Waals surface area contributed by atoms with E-state index < -0.39 is 0 Å². The molecule has 0 radical (unpaired) electrons. The van der Waals surface area contributed by atoms with Gasteiger partial charge in [0.2, 0.25) is 5.91 Å². The average molecular weight is 419 g/mol. The number of rotatable bonds is 6. The van der Waals surface area contributed by atoms with E-state index in [1.807, 2.05) is 12.1 Å². The molecule has 0 aliphatic carbocycles. The minimum absolute atomic E-state index is 0.198. The second-order valence-electron chi connectivity index (χ2n) is 7.62. The Morgan fingerprint density at radius 2 is 1.97 bits per heavy atom. The van der Waals surface area contributed by atoms with Crippen molar-refractivity contribution in [1.82, 2.24) is 0 Å². The molecule has 1 aliphatic heterocycles. The van der Waals surface area contributed by atoms with Gasteiger partial charge < -0.3 is 24.7 Å². The van der Waals surface area contributed by atoms with Crippen molar-refractivity contribution in [2.24, 2.45) is 0 Å². The highest BCUT2D eigenvalue weighted by Gasteiger charge is 2.28. The van der Waals surface area contributed by atoms with Crippen molar-refractivity contribution >= 4 is 28.9 Å². The molecule has 2 aromatic carbocycles. The molecule has 7 heteroatoms. The van der Waals surface area contributed by atoms with E-state index >= 15 is 0 Å². The van der Waals surface area contributed by atoms with E-state index in [9.17, 15) is 9.59 Å². The maximum Gasteiger partial charge on any atom is 0.259 e. The fraction of sp³-hybridized carbons (Fsp3) is 0.250. The lowest BCUT2D eigenvalue weighted by Gasteiger charge is -2.24. The highest BCUT2D eigenvalue weighted by atomic mass is 16.5. The van der Waals surface area contributed by atoms with Gasteiger partial charge in [0, 0.05) is 30.4 Å². The third kappa shape index (κ3) is 4.26. The molecule has 160 valence electrons. The van der Waals surface area contributed by atoms with Gasteiger partial charge in [0.15, 0.2) is 0 Å². The number of ether oxygens (including phenoxy) is 1. The number of hydrogen-bond acceptors (Lipinski definition) is 5. The molecule has 1 aromatic heterocycles. The molecular weight excluding hydrogens is 394 g/mol. The number of carbonyl (C=O) groups is 2. The molecule has 3 aromatic rings. The third-order valence-corrected chi connectivity index (χ3v) is 5.42. The smallest absolute Gasteiger partial charge is 0.259 e. The van der Waals surface area contributed by atoms with Crippen LogP contribution in [0, 0.1) is 0 Å². The number of amides is 2. The van der Waals surface area contributed by atoms with Crippen LogP contribution in [0.3, 0.4) is 0 Å². The molecule has 2 amide bonds. The first-order chi connectivity index (χ1) is 15.0. The molecular formula is C24H25N3O4. The predicted molar refractivity (Wildman–Crippen MR) is 120 cm³/mol. The number of carbonyl (C=O) groups excluding carboxylic acids is 2. The van der Waals surface area contributed by atoms with Gasteiger partial charge in [-0.1, -0.05) is 18.2 Å². The standard InChI is InChI=1S/C24H25N3O4/c1-15-12-17-6-4-5-7-21(17)27(15)14-23-19(10-11-31-23)24(29)26-18-8-9-20(25-16(2)28)22(13-18)30-3/h4-11,13,15H,12,14H2,1-3H3,(H,25,28)(H,26,29). The van der Waals surface area contributed by atoms with Crippen molar-refractivity contribution in [3.8, 4) is 5.75 Å². The van der Waals surface area contributed by atoms with Crippen molar-refractivity contribution in [3.63, 3.8) is 0 Å². The van der Waals surface area contributed by atoms with Crippen molar-refractivity contribution in [3.05, 3.63) is 71.7 Å². The molecule has 1 atom stereocenters. The topological polar surface area (TPSA) is 83.8 Å². The van der Waals surface area contributed by atoms with Gasteiger partial charge >= 0.3 is 0 Å². The van der Waals surface area contributed by atoms with Gasteiger partial charge in [-0.2, -0.15) is 0 Å². The number of fused-ring (bicyclic) bond motifs is 1. The Morgan fingerprint density at radius 1 is 1.16 bits per heavy atom. The van der Waals surface area contributed by atoms with Gasteiger partial charge in [0.25, 0.3) is 5.91 Å². The van der Waals surface area contributed by atoms with E-state index in [0.29, 0.717) is 41.0 Å². The minimum atomic E-state index is -0.266. The van der Waals surface area contributed by atoms with Crippen LogP contribution in [0.1, 0.15) is 35.5 Å². The Hall–Kier alpha value is -3.74. The zero-order chi connectivity index (χ0) is 22.0. The lowest BCUT2D eigenvalue weighted by atomic mass is 10.1. The summed E-state index contributed by atoms with van der Waals surface area (Å²) in [5.74, 6) is 0.611. The number of nitrogens with zero attached hydrogens (tertiary/aromatic N) is 1. The van der Waals surface area contributed by atoms with Gasteiger partial charge in [-0.25, -0.2) is 0 Å². The van der Waals surface area contributed by atoms with Crippen LogP contribution >= 0.6 is 0 Å². The summed E-state index contributed by atoms with van der Waals surface area (Å²) in [4.78, 5) is 26.5. The van der Waals surface area contributed by atoms with E-state index in [0.717, 1.165) is 6.42 Å². The van der Waals surface area contributed by atoms with E-state index in [4.69, 9.17) is 9.15 Å². The predicted octanol–water partition coefficient (Wildman–Crippen LogP) is 4.45. The first kappa shape index (κ1) is 20.5. The van der Waals surface area contributed by atoms with Crippen molar-refractivity contribution < 1.29 is 18.7 Å². The SMILES string of the molecule is COc1cc(NC(=O)c2ccoc2CN2c3ccccc3CC2C)ccc1NC(C)=O. The Balaban J connectivity index is 1.51. The minimum Gasteiger partial charge on any atom is -0.494 e. The third-order valence-electron chi connectivity index (χ3n) is 5.42. The number of hydrogen-bond donors (Lipinski definition) is 2. The summed E-state index contributed by atoms with van der Waals surface area (Å²) in [6.07, 6.45) is 2.51. The summed E-state index contributed by atoms with van der Waals surface area (Å²) in [5, 5.41) is 5.58. The Morgan fingerprint density at radius 3 is 2.74 bits per heavy atom. The summed E-state index contributed by atoms with van der Waals surface area (Å²) >= 11 is 0. The summed E-state index contributed by atoms with van der Waals surface area (Å²) in [6.45, 7) is 4.11. The summed E-state index contributed by atoms with van der Waals surface area (Å²) in [6, 6.07) is 15.4. The molecule has 2 N–H and O–H groups in total. The molecule has 7 nitrogen and oxygen atoms in total. The zero-order valence-corrected chi connectivity index (χ0v) is 17.8. The van der Waals surface area contributed by atoms with Gasteiger partial charge in [-0.15, -0.1) is 0 Å². The van der Waals surface area contributed by atoms with Gasteiger partial charge in [0.05, 0.1) is 31.2 Å². The van der Waals surface area contributed by atoms with Crippen LogP contribution in [0.25, 0.3) is 0 Å². The monoisotopic (exact) mass is 419 g/mol. The molecule has 1 unspecified atom stereocenters. The van der Waals surface area contributed by atoms with E-state index in [1.165, 1.54) is 31.5 Å². The average Bonchev–Trinajstić information content (AvgIpc) is 3.33. The number of furan rings is 1. The molecule has 31 heavy (non-hydrogen) atoms. The normalized spacial score (nSPS) is 14.8. The Labute approximate surface area is 181 Å². The maximum absolute atomic E-state index is 13.0. The van der Waals surface area contributed by atoms with Crippen LogP contribution in [0.2, 0.25) is 0 Å². The van der Waals surface area contributed by atoms with Crippen LogP contribution < -0.4 is 20.3 Å². The second-order valence-corrected chi connectivity index (χ2v) is 7.62. The first-order valence-electron chi connectivity index (χ1n) is 10.1. The lowest BCUT2D eigenvalue weighted by molar-refractivity contribution is -0.114. The van der Waals surface area contributed by atoms with Crippen molar-refractivity contribution in [1.29, 1.82) is 0 Å². The number of methoxy groups -OCH3 is 1. The zero-order valence-electron chi connectivity index (χ0n) is 17.8. The van der Waals surface area contributed by atoms with E-state index in [2.05, 4.69) is 34.6 Å². The molecule has 0 bridgehead atoms. The van der Waals surface area contributed by atoms with Crippen molar-refractivity contribution in [2.75, 3.05) is 22.6 Å². The molecule has 0 fully saturated rings. The molecule has 4 rings (SSSR count). The Bertz CT molecular complexity index is 1120. The van der Waals surface area contributed by atoms with Crippen LogP contribution in [0.5, 0.6) is 5.75 Å². The summed E-state index contributed by atoms with van der Waals surface area (Å²) in [5.41, 5.74) is 4.07. The summed E-state index contributed by atoms with van der Waals surface area (Å²) < 4.78 is 11.0. The largest absolute Gasteiger partial charge is 0.494 e. The highest BCUT2D eigenvalue weighted by molar-refractivity contribution is 6.05. The van der Waals surface area contributed by atoms with Crippen LogP contribution in [0.15, 0.2) is 59.2 Å². The van der Waals surface area contributed by atoms with Gasteiger partial charge in [0.1, 0.15) is 11.5 Å². The molecule has 0 saturated heterocycles.